The number of rotatable bonds is 10. The summed E-state index contributed by atoms with van der Waals surface area (Å²) in [5.74, 6) is 0. The fourth-order valence-corrected chi connectivity index (χ4v) is 6.83. The quantitative estimate of drug-likeness (QED) is 0.356. The molecule has 0 aliphatic carbocycles. The summed E-state index contributed by atoms with van der Waals surface area (Å²) < 4.78 is 122. The summed E-state index contributed by atoms with van der Waals surface area (Å²) in [6.07, 6.45) is 4.57. The second-order valence-electron chi connectivity index (χ2n) is 6.73. The highest BCUT2D eigenvalue weighted by molar-refractivity contribution is 8.09. The van der Waals surface area contributed by atoms with Crippen LogP contribution in [0.25, 0.3) is 0 Å². The van der Waals surface area contributed by atoms with E-state index < -0.39 is 41.4 Å². The van der Waals surface area contributed by atoms with Gasteiger partial charge in [-0.3, -0.25) is 0 Å². The van der Waals surface area contributed by atoms with E-state index in [1.54, 1.807) is 0 Å². The van der Waals surface area contributed by atoms with Crippen LogP contribution in [0.1, 0.15) is 45.4 Å². The molecular weight excluding hydrogens is 450 g/mol. The highest BCUT2D eigenvalue weighted by Gasteiger charge is 2.67. The van der Waals surface area contributed by atoms with Gasteiger partial charge in [0.2, 0.25) is 4.58 Å². The Morgan fingerprint density at radius 2 is 1.28 bits per heavy atom. The van der Waals surface area contributed by atoms with Gasteiger partial charge in [-0.25, -0.2) is 16.8 Å². The summed E-state index contributed by atoms with van der Waals surface area (Å²) in [5, 5.41) is 0. The van der Waals surface area contributed by atoms with Gasteiger partial charge in [0.25, 0.3) is 19.7 Å². The largest absolute Gasteiger partial charge is 0.498 e. The van der Waals surface area contributed by atoms with Crippen molar-refractivity contribution in [3.8, 4) is 0 Å². The molecule has 1 aliphatic heterocycles. The predicted octanol–water partition coefficient (Wildman–Crippen LogP) is 3.59. The second kappa shape index (κ2) is 9.31. The Morgan fingerprint density at radius 1 is 0.828 bits per heavy atom. The lowest BCUT2D eigenvalue weighted by molar-refractivity contribution is -0.0490. The average Bonchev–Trinajstić information content (AvgIpc) is 2.89. The molecule has 0 aromatic carbocycles. The molecule has 172 valence electrons. The van der Waals surface area contributed by atoms with E-state index in [-0.39, 0.29) is 6.54 Å². The Hall–Kier alpha value is -1.18. The van der Waals surface area contributed by atoms with Crippen LogP contribution in [0.4, 0.5) is 26.3 Å². The van der Waals surface area contributed by atoms with E-state index in [4.69, 9.17) is 0 Å². The lowest BCUT2D eigenvalue weighted by Crippen LogP contribution is -2.58. The monoisotopic (exact) mass is 474 g/mol. The summed E-state index contributed by atoms with van der Waals surface area (Å²) in [5.41, 5.74) is -12.4. The minimum Gasteiger partial charge on any atom is -0.357 e. The van der Waals surface area contributed by atoms with Crippen molar-refractivity contribution in [1.82, 2.24) is 9.80 Å². The van der Waals surface area contributed by atoms with Gasteiger partial charge in [0.15, 0.2) is 0 Å². The van der Waals surface area contributed by atoms with Gasteiger partial charge in [-0.05, 0) is 6.42 Å². The average molecular weight is 474 g/mol. The zero-order valence-electron chi connectivity index (χ0n) is 15.9. The smallest absolute Gasteiger partial charge is 0.357 e. The van der Waals surface area contributed by atoms with E-state index in [0.717, 1.165) is 54.9 Å². The zero-order valence-corrected chi connectivity index (χ0v) is 17.5. The molecule has 0 amide bonds. The minimum atomic E-state index is -6.70. The number of hydrogen-bond donors (Lipinski definition) is 0. The van der Waals surface area contributed by atoms with Crippen LogP contribution in [-0.4, -0.2) is 62.0 Å². The van der Waals surface area contributed by atoms with Crippen molar-refractivity contribution in [2.45, 2.75) is 67.2 Å². The summed E-state index contributed by atoms with van der Waals surface area (Å²) in [7, 11) is -12.4. The van der Waals surface area contributed by atoms with E-state index >= 15 is 0 Å². The molecule has 29 heavy (non-hydrogen) atoms. The molecule has 0 spiro atoms. The summed E-state index contributed by atoms with van der Waals surface area (Å²) >= 11 is 0. The van der Waals surface area contributed by atoms with Gasteiger partial charge in [-0.2, -0.15) is 26.3 Å². The predicted molar refractivity (Wildman–Crippen MR) is 94.5 cm³/mol. The molecule has 1 rings (SSSR count). The molecule has 0 N–H and O–H groups in total. The lowest BCUT2D eigenvalue weighted by atomic mass is 10.1. The van der Waals surface area contributed by atoms with Gasteiger partial charge < -0.3 is 9.80 Å². The zero-order chi connectivity index (χ0) is 22.7. The molecule has 0 radical (unpaired) electrons. The van der Waals surface area contributed by atoms with E-state index in [1.807, 2.05) is 6.92 Å². The third-order valence-corrected chi connectivity index (χ3v) is 9.04. The first kappa shape index (κ1) is 25.9. The molecule has 0 bridgehead atoms. The molecule has 1 unspecified atom stereocenters. The van der Waals surface area contributed by atoms with Crippen LogP contribution in [0.2, 0.25) is 0 Å². The van der Waals surface area contributed by atoms with Gasteiger partial charge in [0.05, 0.1) is 0 Å². The third-order valence-electron chi connectivity index (χ3n) is 4.52. The van der Waals surface area contributed by atoms with Crippen molar-refractivity contribution >= 4 is 19.7 Å². The third kappa shape index (κ3) is 5.70. The number of unbranched alkanes of at least 4 members (excludes halogenated alkanes) is 5. The molecule has 0 aromatic rings. The minimum absolute atomic E-state index is 0.0884. The van der Waals surface area contributed by atoms with Crippen molar-refractivity contribution in [2.24, 2.45) is 0 Å². The fraction of sp³-hybridized carbons (Fsp3) is 0.867. The van der Waals surface area contributed by atoms with Gasteiger partial charge in [0, 0.05) is 26.0 Å². The van der Waals surface area contributed by atoms with E-state index in [0.29, 0.717) is 12.8 Å². The van der Waals surface area contributed by atoms with E-state index in [1.165, 1.54) is 0 Å². The fourth-order valence-electron chi connectivity index (χ4n) is 2.98. The first-order valence-corrected chi connectivity index (χ1v) is 11.9. The molecule has 6 nitrogen and oxygen atoms in total. The number of alkyl halides is 6. The molecule has 1 aliphatic rings. The van der Waals surface area contributed by atoms with Crippen LogP contribution in [0.3, 0.4) is 0 Å². The first-order chi connectivity index (χ1) is 13.1. The van der Waals surface area contributed by atoms with Crippen LogP contribution >= 0.6 is 0 Å². The molecule has 0 saturated carbocycles. The number of hydrogen-bond acceptors (Lipinski definition) is 6. The highest BCUT2D eigenvalue weighted by Crippen LogP contribution is 2.40. The normalized spacial score (nSPS) is 18.9. The van der Waals surface area contributed by atoms with Gasteiger partial charge in [-0.1, -0.05) is 39.0 Å². The van der Waals surface area contributed by atoms with Crippen molar-refractivity contribution in [1.29, 1.82) is 0 Å². The van der Waals surface area contributed by atoms with Crippen molar-refractivity contribution in [2.75, 3.05) is 13.6 Å². The number of halogens is 6. The first-order valence-electron chi connectivity index (χ1n) is 8.85. The van der Waals surface area contributed by atoms with Gasteiger partial charge in [-0.15, -0.1) is 0 Å². The van der Waals surface area contributed by atoms with E-state index in [9.17, 15) is 43.2 Å². The molecule has 1 atom stereocenters. The standard InChI is InChI=1S/C15H24F6N2O4S2/c1-3-4-5-6-7-8-9-23-11-10-22(2)12(23)13(28(24,25)14(16,17)18)29(26,27)15(19,20)21/h10-13H,3-9H2,1-2H3. The van der Waals surface area contributed by atoms with Crippen LogP contribution in [0.15, 0.2) is 12.4 Å². The van der Waals surface area contributed by atoms with Gasteiger partial charge >= 0.3 is 11.0 Å². The van der Waals surface area contributed by atoms with Crippen LogP contribution in [0, 0.1) is 0 Å². The summed E-state index contributed by atoms with van der Waals surface area (Å²) in [6.45, 7) is 1.91. The maximum atomic E-state index is 13.1. The summed E-state index contributed by atoms with van der Waals surface area (Å²) in [6, 6.07) is 0. The van der Waals surface area contributed by atoms with Crippen LogP contribution in [0.5, 0.6) is 0 Å². The van der Waals surface area contributed by atoms with Crippen molar-refractivity contribution < 1.29 is 43.2 Å². The van der Waals surface area contributed by atoms with Crippen molar-refractivity contribution in [3.63, 3.8) is 0 Å². The Balaban J connectivity index is 3.23. The lowest BCUT2D eigenvalue weighted by Gasteiger charge is -2.36. The maximum absolute atomic E-state index is 13.1. The molecule has 1 heterocycles. The Kier molecular flexibility index (Phi) is 8.30. The Morgan fingerprint density at radius 3 is 1.72 bits per heavy atom. The molecule has 0 fully saturated rings. The van der Waals surface area contributed by atoms with E-state index in [2.05, 4.69) is 0 Å². The SMILES string of the molecule is CCCCCCCCN1C=CN(C)C1C(S(=O)(=O)C(F)(F)F)S(=O)(=O)C(F)(F)F. The summed E-state index contributed by atoms with van der Waals surface area (Å²) in [4.78, 5) is 1.63. The van der Waals surface area contributed by atoms with Crippen LogP contribution in [-0.2, 0) is 19.7 Å². The molecule has 0 saturated heterocycles. The molecular formula is C15H24F6N2O4S2. The van der Waals surface area contributed by atoms with Gasteiger partial charge in [0.1, 0.15) is 6.17 Å². The maximum Gasteiger partial charge on any atom is 0.498 e. The molecule has 0 aromatic heterocycles. The Labute approximate surface area is 166 Å². The topological polar surface area (TPSA) is 74.8 Å². The number of nitrogens with zero attached hydrogens (tertiary/aromatic N) is 2. The number of sulfone groups is 2. The van der Waals surface area contributed by atoms with Crippen molar-refractivity contribution in [3.05, 3.63) is 12.4 Å². The highest BCUT2D eigenvalue weighted by atomic mass is 32.3. The molecule has 14 heteroatoms. The second-order valence-corrected chi connectivity index (χ2v) is 11.2. The Bertz CT molecular complexity index is 734. The van der Waals surface area contributed by atoms with Crippen LogP contribution < -0.4 is 0 Å².